The summed E-state index contributed by atoms with van der Waals surface area (Å²) in [5.41, 5.74) is 1.40. The van der Waals surface area contributed by atoms with Gasteiger partial charge in [-0.25, -0.2) is 9.18 Å². The average Bonchev–Trinajstić information content (AvgIpc) is 2.72. The highest BCUT2D eigenvalue weighted by molar-refractivity contribution is 5.94. The number of rotatable bonds is 5. The molecule has 2 aromatic carbocycles. The van der Waals surface area contributed by atoms with Crippen LogP contribution in [-0.2, 0) is 11.3 Å². The molecule has 2 N–H and O–H groups in total. The number of halogens is 1. The summed E-state index contributed by atoms with van der Waals surface area (Å²) in [5.74, 6) is -2.05. The molecule has 0 saturated carbocycles. The van der Waals surface area contributed by atoms with Crippen molar-refractivity contribution in [2.45, 2.75) is 19.4 Å². The monoisotopic (exact) mass is 384 g/mol. The number of likely N-dealkylation sites (tertiary alicyclic amines) is 1. The van der Waals surface area contributed by atoms with E-state index in [0.29, 0.717) is 31.6 Å². The number of carboxylic acid groups (broad SMARTS) is 1. The third kappa shape index (κ3) is 4.73. The molecule has 2 aromatic rings. The van der Waals surface area contributed by atoms with Gasteiger partial charge in [-0.2, -0.15) is 0 Å². The van der Waals surface area contributed by atoms with Crippen LogP contribution < -0.4 is 5.32 Å². The Morgan fingerprint density at radius 1 is 1.04 bits per heavy atom. The van der Waals surface area contributed by atoms with Gasteiger partial charge in [-0.15, -0.1) is 0 Å². The highest BCUT2D eigenvalue weighted by Crippen LogP contribution is 2.19. The number of carbonyl (C=O) groups is 3. The number of amides is 2. The highest BCUT2D eigenvalue weighted by atomic mass is 19.1. The molecule has 146 valence electrons. The first-order valence-electron chi connectivity index (χ1n) is 9.09. The van der Waals surface area contributed by atoms with Crippen LogP contribution in [0.4, 0.5) is 4.39 Å². The summed E-state index contributed by atoms with van der Waals surface area (Å²) in [6.45, 7) is 1.18. The number of nitrogens with zero attached hydrogens (tertiary/aromatic N) is 1. The van der Waals surface area contributed by atoms with E-state index in [9.17, 15) is 18.8 Å². The Hall–Kier alpha value is -3.22. The summed E-state index contributed by atoms with van der Waals surface area (Å²) in [4.78, 5) is 37.6. The quantitative estimate of drug-likeness (QED) is 0.830. The van der Waals surface area contributed by atoms with Gasteiger partial charge in [-0.05, 0) is 54.8 Å². The number of aromatic carboxylic acids is 1. The number of benzene rings is 2. The summed E-state index contributed by atoms with van der Waals surface area (Å²) in [5, 5.41) is 11.8. The maximum absolute atomic E-state index is 13.0. The Kier molecular flexibility index (Phi) is 6.03. The molecule has 2 amide bonds. The Morgan fingerprint density at radius 2 is 1.68 bits per heavy atom. The standard InChI is InChI=1S/C21H21FN2O4/c22-18-9-7-15(8-10-18)20(26)24-11-1-2-17(13-24)19(25)23-12-14-3-5-16(6-4-14)21(27)28/h3-10,17H,1-2,11-13H2,(H,23,25)(H,27,28). The normalized spacial score (nSPS) is 16.5. The molecular weight excluding hydrogens is 363 g/mol. The van der Waals surface area contributed by atoms with Crippen LogP contribution in [-0.4, -0.2) is 40.9 Å². The molecule has 0 aromatic heterocycles. The Labute approximate surface area is 162 Å². The molecule has 0 bridgehead atoms. The highest BCUT2D eigenvalue weighted by Gasteiger charge is 2.28. The van der Waals surface area contributed by atoms with Crippen molar-refractivity contribution in [3.05, 3.63) is 71.0 Å². The molecule has 1 aliphatic heterocycles. The van der Waals surface area contributed by atoms with Crippen LogP contribution in [0.5, 0.6) is 0 Å². The molecule has 3 rings (SSSR count). The molecule has 1 unspecified atom stereocenters. The van der Waals surface area contributed by atoms with Gasteiger partial charge in [0.05, 0.1) is 11.5 Å². The zero-order chi connectivity index (χ0) is 20.1. The fourth-order valence-electron chi connectivity index (χ4n) is 3.25. The largest absolute Gasteiger partial charge is 0.478 e. The van der Waals surface area contributed by atoms with Gasteiger partial charge in [0.25, 0.3) is 5.91 Å². The predicted molar refractivity (Wildman–Crippen MR) is 100 cm³/mol. The van der Waals surface area contributed by atoms with Crippen LogP contribution in [0.15, 0.2) is 48.5 Å². The minimum absolute atomic E-state index is 0.140. The molecule has 0 aliphatic carbocycles. The second-order valence-corrected chi connectivity index (χ2v) is 6.82. The number of nitrogens with one attached hydrogen (secondary N) is 1. The molecule has 1 heterocycles. The fourth-order valence-corrected chi connectivity index (χ4v) is 3.25. The van der Waals surface area contributed by atoms with E-state index in [1.807, 2.05) is 0 Å². The summed E-state index contributed by atoms with van der Waals surface area (Å²) in [7, 11) is 0. The molecule has 1 fully saturated rings. The third-order valence-electron chi connectivity index (χ3n) is 4.84. The van der Waals surface area contributed by atoms with E-state index in [2.05, 4.69) is 5.32 Å². The molecular formula is C21H21FN2O4. The van der Waals surface area contributed by atoms with Crippen LogP contribution in [0.25, 0.3) is 0 Å². The maximum atomic E-state index is 13.0. The van der Waals surface area contributed by atoms with E-state index in [0.717, 1.165) is 12.0 Å². The fraction of sp³-hybridized carbons (Fsp3) is 0.286. The first-order chi connectivity index (χ1) is 13.4. The van der Waals surface area contributed by atoms with E-state index in [-0.39, 0.29) is 23.3 Å². The van der Waals surface area contributed by atoms with Gasteiger partial charge >= 0.3 is 5.97 Å². The summed E-state index contributed by atoms with van der Waals surface area (Å²) in [6, 6.07) is 11.7. The average molecular weight is 384 g/mol. The number of hydrogen-bond acceptors (Lipinski definition) is 3. The van der Waals surface area contributed by atoms with Gasteiger partial charge in [0.1, 0.15) is 5.82 Å². The molecule has 1 atom stereocenters. The summed E-state index contributed by atoms with van der Waals surface area (Å²) in [6.07, 6.45) is 1.41. The maximum Gasteiger partial charge on any atom is 0.335 e. The Balaban J connectivity index is 1.55. The van der Waals surface area contributed by atoms with Gasteiger partial charge in [-0.1, -0.05) is 12.1 Å². The summed E-state index contributed by atoms with van der Waals surface area (Å²) < 4.78 is 13.0. The van der Waals surface area contributed by atoms with E-state index in [1.54, 1.807) is 17.0 Å². The Bertz CT molecular complexity index is 865. The molecule has 1 aliphatic rings. The molecule has 6 nitrogen and oxygen atoms in total. The first-order valence-corrected chi connectivity index (χ1v) is 9.09. The van der Waals surface area contributed by atoms with Crippen LogP contribution >= 0.6 is 0 Å². The lowest BCUT2D eigenvalue weighted by Crippen LogP contribution is -2.45. The summed E-state index contributed by atoms with van der Waals surface area (Å²) >= 11 is 0. The van der Waals surface area contributed by atoms with Crippen LogP contribution in [0.3, 0.4) is 0 Å². The van der Waals surface area contributed by atoms with Crippen molar-refractivity contribution in [1.82, 2.24) is 10.2 Å². The van der Waals surface area contributed by atoms with Gasteiger partial charge in [0, 0.05) is 25.2 Å². The molecule has 28 heavy (non-hydrogen) atoms. The van der Waals surface area contributed by atoms with Crippen molar-refractivity contribution < 1.29 is 23.9 Å². The smallest absolute Gasteiger partial charge is 0.335 e. The zero-order valence-electron chi connectivity index (χ0n) is 15.2. The zero-order valence-corrected chi connectivity index (χ0v) is 15.2. The van der Waals surface area contributed by atoms with Crippen molar-refractivity contribution in [2.75, 3.05) is 13.1 Å². The van der Waals surface area contributed by atoms with Crippen LogP contribution in [0.2, 0.25) is 0 Å². The lowest BCUT2D eigenvalue weighted by atomic mass is 9.96. The van der Waals surface area contributed by atoms with Gasteiger partial charge in [-0.3, -0.25) is 9.59 Å². The van der Waals surface area contributed by atoms with Crippen molar-refractivity contribution in [3.8, 4) is 0 Å². The van der Waals surface area contributed by atoms with Crippen LogP contribution in [0.1, 0.15) is 39.1 Å². The molecule has 0 spiro atoms. The lowest BCUT2D eigenvalue weighted by Gasteiger charge is -2.32. The Morgan fingerprint density at radius 3 is 2.32 bits per heavy atom. The van der Waals surface area contributed by atoms with E-state index < -0.39 is 11.8 Å². The topological polar surface area (TPSA) is 86.7 Å². The SMILES string of the molecule is O=C(O)c1ccc(CNC(=O)C2CCCN(C(=O)c3ccc(F)cc3)C2)cc1. The van der Waals surface area contributed by atoms with E-state index in [1.165, 1.54) is 36.4 Å². The van der Waals surface area contributed by atoms with Gasteiger partial charge in [0.15, 0.2) is 0 Å². The molecule has 7 heteroatoms. The second-order valence-electron chi connectivity index (χ2n) is 6.82. The van der Waals surface area contributed by atoms with Crippen molar-refractivity contribution in [2.24, 2.45) is 5.92 Å². The van der Waals surface area contributed by atoms with E-state index >= 15 is 0 Å². The van der Waals surface area contributed by atoms with Crippen molar-refractivity contribution in [1.29, 1.82) is 0 Å². The van der Waals surface area contributed by atoms with E-state index in [4.69, 9.17) is 5.11 Å². The van der Waals surface area contributed by atoms with Crippen molar-refractivity contribution in [3.63, 3.8) is 0 Å². The van der Waals surface area contributed by atoms with Gasteiger partial charge < -0.3 is 15.3 Å². The third-order valence-corrected chi connectivity index (χ3v) is 4.84. The lowest BCUT2D eigenvalue weighted by molar-refractivity contribution is -0.126. The minimum Gasteiger partial charge on any atom is -0.478 e. The van der Waals surface area contributed by atoms with Crippen molar-refractivity contribution >= 4 is 17.8 Å². The first kappa shape index (κ1) is 19.5. The number of carbonyl (C=O) groups excluding carboxylic acids is 2. The predicted octanol–water partition coefficient (Wildman–Crippen LogP) is 2.69. The molecule has 1 saturated heterocycles. The number of hydrogen-bond donors (Lipinski definition) is 2. The number of piperidine rings is 1. The molecule has 0 radical (unpaired) electrons. The van der Waals surface area contributed by atoms with Gasteiger partial charge in [0.2, 0.25) is 5.91 Å². The second kappa shape index (κ2) is 8.65. The minimum atomic E-state index is -0.997. The van der Waals surface area contributed by atoms with Crippen LogP contribution in [0, 0.1) is 11.7 Å². The number of carboxylic acids is 1.